The van der Waals surface area contributed by atoms with E-state index in [4.69, 9.17) is 0 Å². The van der Waals surface area contributed by atoms with E-state index in [1.807, 2.05) is 20.8 Å². The lowest BCUT2D eigenvalue weighted by Gasteiger charge is -2.24. The number of hydrogen-bond donors (Lipinski definition) is 1. The van der Waals surface area contributed by atoms with Gasteiger partial charge in [0, 0.05) is 11.5 Å². The van der Waals surface area contributed by atoms with Crippen LogP contribution in [0.1, 0.15) is 52.9 Å². The molecule has 1 aliphatic carbocycles. The number of nitrogens with one attached hydrogen (secondary N) is 1. The Labute approximate surface area is 87.5 Å². The maximum atomic E-state index is 11.6. The molecule has 0 amide bonds. The predicted molar refractivity (Wildman–Crippen MR) is 59.3 cm³/mol. The zero-order valence-electron chi connectivity index (χ0n) is 9.73. The second-order valence-corrected chi connectivity index (χ2v) is 5.39. The van der Waals surface area contributed by atoms with E-state index < -0.39 is 0 Å². The summed E-state index contributed by atoms with van der Waals surface area (Å²) in [6.07, 6.45) is 6.50. The van der Waals surface area contributed by atoms with Crippen LogP contribution in [0.15, 0.2) is 0 Å². The number of ketones is 1. The average Bonchev–Trinajstić information content (AvgIpc) is 2.14. The first-order valence-corrected chi connectivity index (χ1v) is 5.77. The molecule has 0 heterocycles. The lowest BCUT2D eigenvalue weighted by Crippen LogP contribution is -2.38. The fraction of sp³-hybridized carbons (Fsp3) is 0.917. The van der Waals surface area contributed by atoms with Crippen molar-refractivity contribution in [2.75, 3.05) is 6.54 Å². The van der Waals surface area contributed by atoms with E-state index in [1.165, 1.54) is 32.1 Å². The summed E-state index contributed by atoms with van der Waals surface area (Å²) in [7, 11) is 0. The fourth-order valence-corrected chi connectivity index (χ4v) is 1.81. The largest absolute Gasteiger partial charge is 0.307 e. The first-order valence-electron chi connectivity index (χ1n) is 5.77. The smallest absolute Gasteiger partial charge is 0.151 e. The molecule has 0 unspecified atom stereocenters. The van der Waals surface area contributed by atoms with Gasteiger partial charge in [0.2, 0.25) is 0 Å². The molecular formula is C12H23NO. The van der Waals surface area contributed by atoms with Crippen molar-refractivity contribution in [2.24, 2.45) is 5.41 Å². The van der Waals surface area contributed by atoms with Crippen LogP contribution in [-0.2, 0) is 4.79 Å². The van der Waals surface area contributed by atoms with Crippen LogP contribution in [0.4, 0.5) is 0 Å². The maximum absolute atomic E-state index is 11.6. The van der Waals surface area contributed by atoms with Crippen LogP contribution in [-0.4, -0.2) is 18.4 Å². The van der Waals surface area contributed by atoms with Gasteiger partial charge in [0.15, 0.2) is 5.78 Å². The SMILES string of the molecule is CC(C)(C)C(=O)CNC1CCCCC1. The first-order chi connectivity index (χ1) is 6.50. The highest BCUT2D eigenvalue weighted by molar-refractivity contribution is 5.85. The van der Waals surface area contributed by atoms with Crippen LogP contribution in [0.25, 0.3) is 0 Å². The molecule has 0 aromatic rings. The van der Waals surface area contributed by atoms with Gasteiger partial charge in [-0.15, -0.1) is 0 Å². The first kappa shape index (κ1) is 11.7. The van der Waals surface area contributed by atoms with E-state index in [9.17, 15) is 4.79 Å². The fourth-order valence-electron chi connectivity index (χ4n) is 1.81. The Morgan fingerprint density at radius 2 is 1.79 bits per heavy atom. The van der Waals surface area contributed by atoms with Gasteiger partial charge < -0.3 is 5.32 Å². The van der Waals surface area contributed by atoms with Crippen molar-refractivity contribution in [3.63, 3.8) is 0 Å². The predicted octanol–water partition coefficient (Wildman–Crippen LogP) is 2.52. The normalized spacial score (nSPS) is 19.6. The molecule has 1 saturated carbocycles. The molecule has 2 heteroatoms. The van der Waals surface area contributed by atoms with E-state index in [0.717, 1.165) is 0 Å². The Bertz CT molecular complexity index is 187. The molecule has 0 saturated heterocycles. The van der Waals surface area contributed by atoms with Crippen LogP contribution in [0, 0.1) is 5.41 Å². The van der Waals surface area contributed by atoms with Gasteiger partial charge in [0.1, 0.15) is 0 Å². The highest BCUT2D eigenvalue weighted by Gasteiger charge is 2.22. The molecule has 2 nitrogen and oxygen atoms in total. The molecule has 0 atom stereocenters. The van der Waals surface area contributed by atoms with Crippen LogP contribution >= 0.6 is 0 Å². The summed E-state index contributed by atoms with van der Waals surface area (Å²) in [5.74, 6) is 0.322. The summed E-state index contributed by atoms with van der Waals surface area (Å²) in [5.41, 5.74) is -0.193. The van der Waals surface area contributed by atoms with Crippen molar-refractivity contribution in [3.05, 3.63) is 0 Å². The molecule has 1 N–H and O–H groups in total. The van der Waals surface area contributed by atoms with Crippen molar-refractivity contribution in [3.8, 4) is 0 Å². The summed E-state index contributed by atoms with van der Waals surface area (Å²) in [6, 6.07) is 0.593. The van der Waals surface area contributed by atoms with Gasteiger partial charge in [-0.3, -0.25) is 4.79 Å². The zero-order chi connectivity index (χ0) is 10.6. The number of Topliss-reactive ketones (excluding diaryl/α,β-unsaturated/α-hetero) is 1. The van der Waals surface area contributed by atoms with E-state index in [0.29, 0.717) is 18.4 Å². The summed E-state index contributed by atoms with van der Waals surface area (Å²) < 4.78 is 0. The number of carbonyl (C=O) groups excluding carboxylic acids is 1. The van der Waals surface area contributed by atoms with Gasteiger partial charge in [0.25, 0.3) is 0 Å². The minimum absolute atomic E-state index is 0.193. The van der Waals surface area contributed by atoms with E-state index in [2.05, 4.69) is 5.32 Å². The van der Waals surface area contributed by atoms with Crippen LogP contribution < -0.4 is 5.32 Å². The topological polar surface area (TPSA) is 29.1 Å². The zero-order valence-corrected chi connectivity index (χ0v) is 9.73. The van der Waals surface area contributed by atoms with Gasteiger partial charge in [-0.05, 0) is 12.8 Å². The molecule has 14 heavy (non-hydrogen) atoms. The minimum Gasteiger partial charge on any atom is -0.307 e. The lowest BCUT2D eigenvalue weighted by molar-refractivity contribution is -0.125. The average molecular weight is 197 g/mol. The van der Waals surface area contributed by atoms with Crippen LogP contribution in [0.2, 0.25) is 0 Å². The third-order valence-electron chi connectivity index (χ3n) is 2.99. The highest BCUT2D eigenvalue weighted by atomic mass is 16.1. The Balaban J connectivity index is 2.22. The Morgan fingerprint density at radius 1 is 1.21 bits per heavy atom. The van der Waals surface area contributed by atoms with Gasteiger partial charge in [0.05, 0.1) is 6.54 Å². The number of hydrogen-bond acceptors (Lipinski definition) is 2. The molecule has 0 radical (unpaired) electrons. The van der Waals surface area contributed by atoms with Gasteiger partial charge in [-0.1, -0.05) is 40.0 Å². The van der Waals surface area contributed by atoms with Gasteiger partial charge in [-0.2, -0.15) is 0 Å². The monoisotopic (exact) mass is 197 g/mol. The molecule has 1 rings (SSSR count). The van der Waals surface area contributed by atoms with Gasteiger partial charge in [-0.25, -0.2) is 0 Å². The molecule has 0 aromatic carbocycles. The minimum atomic E-state index is -0.193. The Kier molecular flexibility index (Phi) is 4.11. The van der Waals surface area contributed by atoms with Crippen molar-refractivity contribution in [1.29, 1.82) is 0 Å². The molecule has 0 spiro atoms. The number of rotatable bonds is 3. The third-order valence-corrected chi connectivity index (χ3v) is 2.99. The third kappa shape index (κ3) is 3.79. The van der Waals surface area contributed by atoms with Crippen molar-refractivity contribution < 1.29 is 4.79 Å². The summed E-state index contributed by atoms with van der Waals surface area (Å²) >= 11 is 0. The molecule has 1 fully saturated rings. The van der Waals surface area contributed by atoms with E-state index in [-0.39, 0.29) is 5.41 Å². The lowest BCUT2D eigenvalue weighted by atomic mass is 9.90. The molecular weight excluding hydrogens is 174 g/mol. The summed E-state index contributed by atoms with van der Waals surface area (Å²) in [5, 5.41) is 3.38. The summed E-state index contributed by atoms with van der Waals surface area (Å²) in [4.78, 5) is 11.6. The van der Waals surface area contributed by atoms with E-state index in [1.54, 1.807) is 0 Å². The Morgan fingerprint density at radius 3 is 2.29 bits per heavy atom. The second-order valence-electron chi connectivity index (χ2n) is 5.39. The van der Waals surface area contributed by atoms with Gasteiger partial charge >= 0.3 is 0 Å². The van der Waals surface area contributed by atoms with Crippen molar-refractivity contribution in [2.45, 2.75) is 58.9 Å². The second kappa shape index (κ2) is 4.92. The molecule has 0 aliphatic heterocycles. The summed E-state index contributed by atoms with van der Waals surface area (Å²) in [6.45, 7) is 6.50. The van der Waals surface area contributed by atoms with Crippen LogP contribution in [0.3, 0.4) is 0 Å². The quantitative estimate of drug-likeness (QED) is 0.753. The molecule has 82 valence electrons. The Hall–Kier alpha value is -0.370. The van der Waals surface area contributed by atoms with Crippen LogP contribution in [0.5, 0.6) is 0 Å². The highest BCUT2D eigenvalue weighted by Crippen LogP contribution is 2.18. The number of carbonyl (C=O) groups is 1. The maximum Gasteiger partial charge on any atom is 0.151 e. The van der Waals surface area contributed by atoms with Crippen molar-refractivity contribution >= 4 is 5.78 Å². The molecule has 0 bridgehead atoms. The van der Waals surface area contributed by atoms with E-state index >= 15 is 0 Å². The standard InChI is InChI=1S/C12H23NO/c1-12(2,3)11(14)9-13-10-7-5-4-6-8-10/h10,13H,4-9H2,1-3H3. The molecule has 1 aliphatic rings. The molecule has 0 aromatic heterocycles. The van der Waals surface area contributed by atoms with Crippen molar-refractivity contribution in [1.82, 2.24) is 5.32 Å².